The molecule has 130 valence electrons. The quantitative estimate of drug-likeness (QED) is 0.600. The average Bonchev–Trinajstić information content (AvgIpc) is 3.09. The number of guanidine groups is 1. The van der Waals surface area contributed by atoms with Gasteiger partial charge in [-0.1, -0.05) is 0 Å². The first-order chi connectivity index (χ1) is 11.6. The Bertz CT molecular complexity index is 661. The number of halogens is 2. The highest BCUT2D eigenvalue weighted by molar-refractivity contribution is 5.79. The van der Waals surface area contributed by atoms with Gasteiger partial charge in [-0.2, -0.15) is 8.78 Å². The molecule has 0 atom stereocenters. The highest BCUT2D eigenvalue weighted by atomic mass is 19.3. The van der Waals surface area contributed by atoms with E-state index >= 15 is 0 Å². The van der Waals surface area contributed by atoms with Gasteiger partial charge >= 0.3 is 6.61 Å². The lowest BCUT2D eigenvalue weighted by Gasteiger charge is -2.15. The fourth-order valence-corrected chi connectivity index (χ4v) is 2.00. The van der Waals surface area contributed by atoms with Crippen LogP contribution in [0.1, 0.15) is 11.3 Å². The Labute approximate surface area is 138 Å². The van der Waals surface area contributed by atoms with E-state index in [0.717, 1.165) is 5.76 Å². The summed E-state index contributed by atoms with van der Waals surface area (Å²) in [5, 5.41) is 6.09. The molecule has 2 N–H and O–H groups in total. The first-order valence-electron chi connectivity index (χ1n) is 7.21. The molecule has 0 aliphatic heterocycles. The van der Waals surface area contributed by atoms with Gasteiger partial charge in [0.1, 0.15) is 17.3 Å². The molecule has 24 heavy (non-hydrogen) atoms. The number of hydrogen-bond acceptors (Lipinski definition) is 4. The minimum Gasteiger partial charge on any atom is -0.497 e. The molecular weight excluding hydrogens is 320 g/mol. The van der Waals surface area contributed by atoms with Crippen molar-refractivity contribution in [2.75, 3.05) is 14.2 Å². The Morgan fingerprint density at radius 1 is 1.25 bits per heavy atom. The van der Waals surface area contributed by atoms with E-state index in [1.54, 1.807) is 31.5 Å². The van der Waals surface area contributed by atoms with Crippen molar-refractivity contribution in [2.45, 2.75) is 19.7 Å². The molecule has 0 aliphatic rings. The summed E-state index contributed by atoms with van der Waals surface area (Å²) in [7, 11) is 3.07. The summed E-state index contributed by atoms with van der Waals surface area (Å²) in [5.41, 5.74) is 0.553. The van der Waals surface area contributed by atoms with Gasteiger partial charge in [0.15, 0.2) is 5.96 Å². The molecule has 0 spiro atoms. The number of nitrogens with zero attached hydrogens (tertiary/aromatic N) is 1. The molecule has 2 rings (SSSR count). The number of ether oxygens (including phenoxy) is 2. The van der Waals surface area contributed by atoms with Gasteiger partial charge in [-0.15, -0.1) is 0 Å². The second-order valence-corrected chi connectivity index (χ2v) is 4.71. The van der Waals surface area contributed by atoms with E-state index in [4.69, 9.17) is 9.15 Å². The van der Waals surface area contributed by atoms with Gasteiger partial charge in [0.25, 0.3) is 0 Å². The Morgan fingerprint density at radius 3 is 2.67 bits per heavy atom. The first kappa shape index (κ1) is 17.6. The van der Waals surface area contributed by atoms with Crippen molar-refractivity contribution in [3.05, 3.63) is 47.9 Å². The van der Waals surface area contributed by atoms with Gasteiger partial charge < -0.3 is 24.5 Å². The number of nitrogens with one attached hydrogen (secondary N) is 2. The number of furan rings is 1. The van der Waals surface area contributed by atoms with Crippen molar-refractivity contribution in [1.29, 1.82) is 0 Å². The average molecular weight is 339 g/mol. The van der Waals surface area contributed by atoms with Crippen LogP contribution in [-0.2, 0) is 13.1 Å². The first-order valence-corrected chi connectivity index (χ1v) is 7.21. The minimum absolute atomic E-state index is 0.0540. The molecule has 0 amide bonds. The maximum Gasteiger partial charge on any atom is 0.387 e. The largest absolute Gasteiger partial charge is 0.497 e. The van der Waals surface area contributed by atoms with Crippen LogP contribution in [0, 0.1) is 0 Å². The van der Waals surface area contributed by atoms with Crippen LogP contribution >= 0.6 is 0 Å². The van der Waals surface area contributed by atoms with Gasteiger partial charge in [-0.3, -0.25) is 4.99 Å². The second kappa shape index (κ2) is 8.76. The number of rotatable bonds is 7. The van der Waals surface area contributed by atoms with Crippen molar-refractivity contribution in [2.24, 2.45) is 4.99 Å². The van der Waals surface area contributed by atoms with Crippen molar-refractivity contribution in [1.82, 2.24) is 10.6 Å². The topological polar surface area (TPSA) is 68.0 Å². The molecule has 1 aromatic heterocycles. The van der Waals surface area contributed by atoms with Crippen LogP contribution in [0.15, 0.2) is 46.0 Å². The third-order valence-electron chi connectivity index (χ3n) is 3.17. The molecule has 1 aromatic carbocycles. The minimum atomic E-state index is -2.91. The monoisotopic (exact) mass is 339 g/mol. The normalized spacial score (nSPS) is 11.5. The van der Waals surface area contributed by atoms with Gasteiger partial charge in [0.2, 0.25) is 0 Å². The maximum absolute atomic E-state index is 12.5. The molecule has 0 aliphatic carbocycles. The van der Waals surface area contributed by atoms with Gasteiger partial charge in [-0.25, -0.2) is 0 Å². The predicted molar refractivity (Wildman–Crippen MR) is 85.4 cm³/mol. The molecule has 0 fully saturated rings. The molecule has 1 heterocycles. The standard InChI is InChI=1S/C16H19F2N3O3/c1-19-16(21-10-13-4-3-7-23-13)20-9-11-5-6-12(22-2)8-14(11)24-15(17)18/h3-8,15H,9-10H2,1-2H3,(H2,19,20,21). The van der Waals surface area contributed by atoms with Gasteiger partial charge in [0.05, 0.1) is 19.9 Å². The van der Waals surface area contributed by atoms with Crippen LogP contribution in [0.3, 0.4) is 0 Å². The van der Waals surface area contributed by atoms with Gasteiger partial charge in [-0.05, 0) is 24.3 Å². The highest BCUT2D eigenvalue weighted by Gasteiger charge is 2.12. The smallest absolute Gasteiger partial charge is 0.387 e. The maximum atomic E-state index is 12.5. The zero-order chi connectivity index (χ0) is 17.4. The van der Waals surface area contributed by atoms with Crippen molar-refractivity contribution < 1.29 is 22.7 Å². The summed E-state index contributed by atoms with van der Waals surface area (Å²) in [4.78, 5) is 4.07. The lowest BCUT2D eigenvalue weighted by Crippen LogP contribution is -2.36. The fourth-order valence-electron chi connectivity index (χ4n) is 2.00. The molecule has 6 nitrogen and oxygen atoms in total. The van der Waals surface area contributed by atoms with Crippen molar-refractivity contribution in [3.8, 4) is 11.5 Å². The number of benzene rings is 1. The molecule has 0 bridgehead atoms. The van der Waals surface area contributed by atoms with E-state index < -0.39 is 6.61 Å². The van der Waals surface area contributed by atoms with Crippen LogP contribution in [0.4, 0.5) is 8.78 Å². The fraction of sp³-hybridized carbons (Fsp3) is 0.312. The van der Waals surface area contributed by atoms with Crippen LogP contribution in [-0.4, -0.2) is 26.7 Å². The zero-order valence-corrected chi connectivity index (χ0v) is 13.4. The number of alkyl halides is 2. The molecular formula is C16H19F2N3O3. The highest BCUT2D eigenvalue weighted by Crippen LogP contribution is 2.26. The van der Waals surface area contributed by atoms with E-state index in [9.17, 15) is 8.78 Å². The molecule has 0 radical (unpaired) electrons. The number of hydrogen-bond donors (Lipinski definition) is 2. The Hall–Kier alpha value is -2.77. The number of methoxy groups -OCH3 is 1. The summed E-state index contributed by atoms with van der Waals surface area (Å²) < 4.78 is 39.9. The Kier molecular flexibility index (Phi) is 6.41. The lowest BCUT2D eigenvalue weighted by atomic mass is 10.2. The SMILES string of the molecule is CN=C(NCc1ccco1)NCc1ccc(OC)cc1OC(F)F. The van der Waals surface area contributed by atoms with Crippen LogP contribution < -0.4 is 20.1 Å². The summed E-state index contributed by atoms with van der Waals surface area (Å²) in [6, 6.07) is 8.37. The summed E-state index contributed by atoms with van der Waals surface area (Å²) in [6.45, 7) is -2.20. The summed E-state index contributed by atoms with van der Waals surface area (Å²) in [6.07, 6.45) is 1.58. The predicted octanol–water partition coefficient (Wildman–Crippen LogP) is 2.75. The van der Waals surface area contributed by atoms with E-state index in [1.165, 1.54) is 13.2 Å². The van der Waals surface area contributed by atoms with E-state index in [-0.39, 0.29) is 12.3 Å². The molecule has 8 heteroatoms. The number of aliphatic imine (C=N–C) groups is 1. The Morgan fingerprint density at radius 2 is 2.04 bits per heavy atom. The zero-order valence-electron chi connectivity index (χ0n) is 13.4. The van der Waals surface area contributed by atoms with Crippen LogP contribution in [0.5, 0.6) is 11.5 Å². The second-order valence-electron chi connectivity index (χ2n) is 4.71. The van der Waals surface area contributed by atoms with Crippen LogP contribution in [0.2, 0.25) is 0 Å². The van der Waals surface area contributed by atoms with E-state index in [1.807, 2.05) is 6.07 Å². The molecule has 0 saturated carbocycles. The third-order valence-corrected chi connectivity index (χ3v) is 3.17. The van der Waals surface area contributed by atoms with Crippen LogP contribution in [0.25, 0.3) is 0 Å². The summed E-state index contributed by atoms with van der Waals surface area (Å²) >= 11 is 0. The van der Waals surface area contributed by atoms with E-state index in [0.29, 0.717) is 23.8 Å². The summed E-state index contributed by atoms with van der Waals surface area (Å²) in [5.74, 6) is 1.75. The van der Waals surface area contributed by atoms with E-state index in [2.05, 4.69) is 20.4 Å². The lowest BCUT2D eigenvalue weighted by molar-refractivity contribution is -0.0505. The van der Waals surface area contributed by atoms with Crippen molar-refractivity contribution >= 4 is 5.96 Å². The van der Waals surface area contributed by atoms with Gasteiger partial charge in [0, 0.05) is 25.2 Å². The van der Waals surface area contributed by atoms with Crippen molar-refractivity contribution in [3.63, 3.8) is 0 Å². The molecule has 0 saturated heterocycles. The Balaban J connectivity index is 1.98. The molecule has 0 unspecified atom stereocenters. The third kappa shape index (κ3) is 5.15. The molecule has 2 aromatic rings.